The predicted molar refractivity (Wildman–Crippen MR) is 71.4 cm³/mol. The van der Waals surface area contributed by atoms with Gasteiger partial charge in [-0.25, -0.2) is 0 Å². The molecule has 1 saturated heterocycles. The first-order chi connectivity index (χ1) is 8.75. The molecule has 0 radical (unpaired) electrons. The molecule has 18 heavy (non-hydrogen) atoms. The van der Waals surface area contributed by atoms with Crippen LogP contribution >= 0.6 is 0 Å². The zero-order valence-corrected chi connectivity index (χ0v) is 10.4. The molecule has 1 aromatic rings. The molecule has 1 aliphatic heterocycles. The third-order valence-corrected chi connectivity index (χ3v) is 2.99. The van der Waals surface area contributed by atoms with Crippen molar-refractivity contribution < 1.29 is 9.53 Å². The Morgan fingerprint density at radius 1 is 1.33 bits per heavy atom. The van der Waals surface area contributed by atoms with Crippen LogP contribution in [0.5, 0.6) is 0 Å². The van der Waals surface area contributed by atoms with E-state index in [-0.39, 0.29) is 5.91 Å². The van der Waals surface area contributed by atoms with E-state index in [1.807, 2.05) is 18.2 Å². The Bertz CT molecular complexity index is 403. The molecule has 1 aliphatic rings. The van der Waals surface area contributed by atoms with Crippen LogP contribution in [0.25, 0.3) is 0 Å². The van der Waals surface area contributed by atoms with Crippen molar-refractivity contribution in [1.29, 1.82) is 0 Å². The van der Waals surface area contributed by atoms with E-state index in [0.29, 0.717) is 17.8 Å². The van der Waals surface area contributed by atoms with Crippen LogP contribution in [0.3, 0.4) is 0 Å². The van der Waals surface area contributed by atoms with Gasteiger partial charge in [0.2, 0.25) is 5.91 Å². The number of hydrogen-bond donors (Lipinski definition) is 2. The number of para-hydroxylation sites is 2. The van der Waals surface area contributed by atoms with E-state index in [1.165, 1.54) is 0 Å². The summed E-state index contributed by atoms with van der Waals surface area (Å²) in [6, 6.07) is 7.28. The number of nitrogens with one attached hydrogen (secondary N) is 1. The number of nitrogens with two attached hydrogens (primary N) is 1. The van der Waals surface area contributed by atoms with Gasteiger partial charge in [-0.3, -0.25) is 9.69 Å². The number of rotatable bonds is 4. The molecule has 0 unspecified atom stereocenters. The lowest BCUT2D eigenvalue weighted by Crippen LogP contribution is -2.38. The van der Waals surface area contributed by atoms with E-state index in [0.717, 1.165) is 32.8 Å². The van der Waals surface area contributed by atoms with Crippen LogP contribution in [-0.2, 0) is 9.53 Å². The molecule has 98 valence electrons. The lowest BCUT2D eigenvalue weighted by atomic mass is 10.2. The maximum atomic E-state index is 11.8. The normalized spacial score (nSPS) is 16.4. The van der Waals surface area contributed by atoms with E-state index in [2.05, 4.69) is 10.2 Å². The first-order valence-corrected chi connectivity index (χ1v) is 6.20. The summed E-state index contributed by atoms with van der Waals surface area (Å²) in [6.45, 7) is 4.09. The minimum Gasteiger partial charge on any atom is -0.397 e. The average Bonchev–Trinajstić information content (AvgIpc) is 2.40. The van der Waals surface area contributed by atoms with Gasteiger partial charge in [0.05, 0.1) is 24.6 Å². The standard InChI is InChI=1S/C13H19N3O2/c14-11-3-1-2-4-12(11)15-13(17)5-6-16-7-9-18-10-8-16/h1-4H,5-10,14H2,(H,15,17). The van der Waals surface area contributed by atoms with Gasteiger partial charge in [0.25, 0.3) is 0 Å². The molecule has 2 rings (SSSR count). The summed E-state index contributed by atoms with van der Waals surface area (Å²) < 4.78 is 5.26. The van der Waals surface area contributed by atoms with Crippen molar-refractivity contribution in [3.8, 4) is 0 Å². The number of carbonyl (C=O) groups excluding carboxylic acids is 1. The number of amides is 1. The molecule has 3 N–H and O–H groups in total. The molecule has 1 fully saturated rings. The van der Waals surface area contributed by atoms with Crippen molar-refractivity contribution >= 4 is 17.3 Å². The van der Waals surface area contributed by atoms with Crippen LogP contribution in [0.4, 0.5) is 11.4 Å². The van der Waals surface area contributed by atoms with Gasteiger partial charge < -0.3 is 15.8 Å². The van der Waals surface area contributed by atoms with Crippen molar-refractivity contribution in [3.63, 3.8) is 0 Å². The van der Waals surface area contributed by atoms with Crippen LogP contribution < -0.4 is 11.1 Å². The fraction of sp³-hybridized carbons (Fsp3) is 0.462. The third-order valence-electron chi connectivity index (χ3n) is 2.99. The predicted octanol–water partition coefficient (Wildman–Crippen LogP) is 0.930. The average molecular weight is 249 g/mol. The third kappa shape index (κ3) is 3.72. The van der Waals surface area contributed by atoms with Crippen LogP contribution in [0, 0.1) is 0 Å². The number of anilines is 2. The highest BCUT2D eigenvalue weighted by Crippen LogP contribution is 2.16. The van der Waals surface area contributed by atoms with E-state index in [4.69, 9.17) is 10.5 Å². The van der Waals surface area contributed by atoms with Crippen LogP contribution in [0.2, 0.25) is 0 Å². The number of benzene rings is 1. The summed E-state index contributed by atoms with van der Waals surface area (Å²) in [5, 5.41) is 2.83. The number of ether oxygens (including phenoxy) is 1. The Morgan fingerprint density at radius 2 is 2.06 bits per heavy atom. The number of nitrogens with zero attached hydrogens (tertiary/aromatic N) is 1. The summed E-state index contributed by atoms with van der Waals surface area (Å²) in [7, 11) is 0. The lowest BCUT2D eigenvalue weighted by Gasteiger charge is -2.26. The summed E-state index contributed by atoms with van der Waals surface area (Å²) in [6.07, 6.45) is 0.480. The van der Waals surface area contributed by atoms with Crippen molar-refractivity contribution in [1.82, 2.24) is 4.90 Å². The summed E-state index contributed by atoms with van der Waals surface area (Å²) in [5.41, 5.74) is 7.05. The van der Waals surface area contributed by atoms with Crippen LogP contribution in [0.1, 0.15) is 6.42 Å². The topological polar surface area (TPSA) is 67.6 Å². The van der Waals surface area contributed by atoms with E-state index in [1.54, 1.807) is 6.07 Å². The quantitative estimate of drug-likeness (QED) is 0.779. The minimum atomic E-state index is -0.000563. The lowest BCUT2D eigenvalue weighted by molar-refractivity contribution is -0.116. The Morgan fingerprint density at radius 3 is 2.78 bits per heavy atom. The van der Waals surface area contributed by atoms with Crippen molar-refractivity contribution in [2.75, 3.05) is 43.9 Å². The summed E-state index contributed by atoms with van der Waals surface area (Å²) >= 11 is 0. The largest absolute Gasteiger partial charge is 0.397 e. The van der Waals surface area contributed by atoms with Crippen LogP contribution in [0.15, 0.2) is 24.3 Å². The molecule has 0 aromatic heterocycles. The highest BCUT2D eigenvalue weighted by atomic mass is 16.5. The molecule has 0 spiro atoms. The molecular weight excluding hydrogens is 230 g/mol. The van der Waals surface area contributed by atoms with Crippen molar-refractivity contribution in [2.45, 2.75) is 6.42 Å². The van der Waals surface area contributed by atoms with Gasteiger partial charge in [0, 0.05) is 26.1 Å². The first kappa shape index (κ1) is 12.9. The monoisotopic (exact) mass is 249 g/mol. The Hall–Kier alpha value is -1.59. The fourth-order valence-electron chi connectivity index (χ4n) is 1.91. The Kier molecular flexibility index (Phi) is 4.55. The molecule has 1 heterocycles. The first-order valence-electron chi connectivity index (χ1n) is 6.20. The van der Waals surface area contributed by atoms with Crippen molar-refractivity contribution in [2.24, 2.45) is 0 Å². The van der Waals surface area contributed by atoms with E-state index in [9.17, 15) is 4.79 Å². The Balaban J connectivity index is 1.76. The van der Waals surface area contributed by atoms with Gasteiger partial charge in [-0.05, 0) is 12.1 Å². The minimum absolute atomic E-state index is 0.000563. The molecular formula is C13H19N3O2. The van der Waals surface area contributed by atoms with Gasteiger partial charge in [-0.15, -0.1) is 0 Å². The van der Waals surface area contributed by atoms with E-state index < -0.39 is 0 Å². The summed E-state index contributed by atoms with van der Waals surface area (Å²) in [4.78, 5) is 14.0. The molecule has 0 saturated carbocycles. The van der Waals surface area contributed by atoms with Gasteiger partial charge >= 0.3 is 0 Å². The Labute approximate surface area is 107 Å². The maximum absolute atomic E-state index is 11.8. The zero-order valence-electron chi connectivity index (χ0n) is 10.4. The maximum Gasteiger partial charge on any atom is 0.225 e. The molecule has 0 atom stereocenters. The van der Waals surface area contributed by atoms with E-state index >= 15 is 0 Å². The fourth-order valence-corrected chi connectivity index (χ4v) is 1.91. The van der Waals surface area contributed by atoms with Crippen LogP contribution in [-0.4, -0.2) is 43.7 Å². The zero-order chi connectivity index (χ0) is 12.8. The number of carbonyl (C=O) groups is 1. The molecule has 0 aliphatic carbocycles. The van der Waals surface area contributed by atoms with Gasteiger partial charge in [0.15, 0.2) is 0 Å². The second kappa shape index (κ2) is 6.37. The highest BCUT2D eigenvalue weighted by Gasteiger charge is 2.12. The summed E-state index contributed by atoms with van der Waals surface area (Å²) in [5.74, 6) is -0.000563. The second-order valence-corrected chi connectivity index (χ2v) is 4.34. The number of nitrogen functional groups attached to an aromatic ring is 1. The number of morpholine rings is 1. The van der Waals surface area contributed by atoms with Gasteiger partial charge in [-0.1, -0.05) is 12.1 Å². The smallest absolute Gasteiger partial charge is 0.225 e. The molecule has 5 heteroatoms. The highest BCUT2D eigenvalue weighted by molar-refractivity contribution is 5.93. The molecule has 5 nitrogen and oxygen atoms in total. The SMILES string of the molecule is Nc1ccccc1NC(=O)CCN1CCOCC1. The van der Waals surface area contributed by atoms with Gasteiger partial charge in [0.1, 0.15) is 0 Å². The molecule has 0 bridgehead atoms. The van der Waals surface area contributed by atoms with Gasteiger partial charge in [-0.2, -0.15) is 0 Å². The second-order valence-electron chi connectivity index (χ2n) is 4.34. The van der Waals surface area contributed by atoms with Crippen molar-refractivity contribution in [3.05, 3.63) is 24.3 Å². The molecule has 1 aromatic carbocycles. The number of hydrogen-bond acceptors (Lipinski definition) is 4. The molecule has 1 amide bonds.